The molecule has 1 fully saturated rings. The number of imide groups is 1. The predicted molar refractivity (Wildman–Crippen MR) is 78.9 cm³/mol. The summed E-state index contributed by atoms with van der Waals surface area (Å²) in [5, 5.41) is 10.8. The van der Waals surface area contributed by atoms with Crippen LogP contribution in [0.1, 0.15) is 40.5 Å². The Bertz CT molecular complexity index is 726. The number of fused-ring (bicyclic) bond motifs is 1. The summed E-state index contributed by atoms with van der Waals surface area (Å²) in [4.78, 5) is 49.6. The van der Waals surface area contributed by atoms with E-state index in [1.54, 1.807) is 4.90 Å². The molecule has 0 atom stereocenters. The van der Waals surface area contributed by atoms with Crippen molar-refractivity contribution in [2.75, 3.05) is 13.1 Å². The molecule has 120 valence electrons. The van der Waals surface area contributed by atoms with Gasteiger partial charge >= 0.3 is 0 Å². The predicted octanol–water partition coefficient (Wildman–Crippen LogP) is 1.20. The molecule has 0 bridgehead atoms. The first-order valence-corrected chi connectivity index (χ1v) is 7.38. The van der Waals surface area contributed by atoms with Crippen molar-refractivity contribution in [3.05, 3.63) is 39.4 Å². The van der Waals surface area contributed by atoms with Crippen LogP contribution in [0.25, 0.3) is 0 Å². The Hall–Kier alpha value is -2.77. The fourth-order valence-corrected chi connectivity index (χ4v) is 2.79. The van der Waals surface area contributed by atoms with Crippen molar-refractivity contribution in [1.82, 2.24) is 9.80 Å². The maximum Gasteiger partial charge on any atom is 0.270 e. The second-order valence-electron chi connectivity index (χ2n) is 5.59. The van der Waals surface area contributed by atoms with Crippen molar-refractivity contribution < 1.29 is 19.3 Å². The monoisotopic (exact) mass is 317 g/mol. The van der Waals surface area contributed by atoms with Gasteiger partial charge in [0.1, 0.15) is 6.54 Å². The van der Waals surface area contributed by atoms with Gasteiger partial charge in [-0.3, -0.25) is 29.4 Å². The molecule has 0 spiro atoms. The van der Waals surface area contributed by atoms with Gasteiger partial charge in [-0.05, 0) is 25.8 Å². The molecule has 3 amide bonds. The Labute approximate surface area is 131 Å². The highest BCUT2D eigenvalue weighted by molar-refractivity contribution is 6.22. The van der Waals surface area contributed by atoms with Gasteiger partial charge in [-0.25, -0.2) is 0 Å². The van der Waals surface area contributed by atoms with Gasteiger partial charge in [0.25, 0.3) is 17.5 Å². The third kappa shape index (κ3) is 2.56. The fraction of sp³-hybridized carbons (Fsp3) is 0.400. The highest BCUT2D eigenvalue weighted by Gasteiger charge is 2.40. The highest BCUT2D eigenvalue weighted by atomic mass is 16.6. The Morgan fingerprint density at radius 1 is 1.30 bits per heavy atom. The van der Waals surface area contributed by atoms with E-state index in [1.807, 2.05) is 6.92 Å². The van der Waals surface area contributed by atoms with Gasteiger partial charge in [0, 0.05) is 24.7 Å². The molecule has 1 heterocycles. The molecular formula is C15H15N3O5. The van der Waals surface area contributed by atoms with Gasteiger partial charge in [0.2, 0.25) is 5.91 Å². The lowest BCUT2D eigenvalue weighted by Crippen LogP contribution is -2.43. The standard InChI is InChI=1S/C15H15N3O5/c1-2-16(9-3-4-9)13(19)8-17-14(20)11-6-5-10(18(22)23)7-12(11)15(17)21/h5-7,9H,2-4,8H2,1H3. The van der Waals surface area contributed by atoms with E-state index in [4.69, 9.17) is 0 Å². The third-order valence-electron chi connectivity index (χ3n) is 4.11. The van der Waals surface area contributed by atoms with Crippen LogP contribution in [-0.4, -0.2) is 51.6 Å². The van der Waals surface area contributed by atoms with E-state index < -0.39 is 16.7 Å². The number of hydrogen-bond acceptors (Lipinski definition) is 5. The van der Waals surface area contributed by atoms with Crippen LogP contribution in [0.15, 0.2) is 18.2 Å². The minimum Gasteiger partial charge on any atom is -0.338 e. The molecule has 1 aliphatic heterocycles. The van der Waals surface area contributed by atoms with Crippen LogP contribution in [0.3, 0.4) is 0 Å². The molecule has 0 N–H and O–H groups in total. The summed E-state index contributed by atoms with van der Waals surface area (Å²) in [6, 6.07) is 3.72. The van der Waals surface area contributed by atoms with Crippen LogP contribution in [0.2, 0.25) is 0 Å². The van der Waals surface area contributed by atoms with Crippen molar-refractivity contribution in [2.45, 2.75) is 25.8 Å². The molecule has 8 heteroatoms. The average Bonchev–Trinajstić information content (AvgIpc) is 3.32. The van der Waals surface area contributed by atoms with Gasteiger partial charge in [-0.15, -0.1) is 0 Å². The summed E-state index contributed by atoms with van der Waals surface area (Å²) in [6.07, 6.45) is 1.88. The Kier molecular flexibility index (Phi) is 3.59. The Balaban J connectivity index is 1.82. The van der Waals surface area contributed by atoms with Gasteiger partial charge in [-0.1, -0.05) is 0 Å². The highest BCUT2D eigenvalue weighted by Crippen LogP contribution is 2.29. The molecule has 0 radical (unpaired) electrons. The van der Waals surface area contributed by atoms with E-state index in [2.05, 4.69) is 0 Å². The molecular weight excluding hydrogens is 302 g/mol. The Morgan fingerprint density at radius 3 is 2.52 bits per heavy atom. The van der Waals surface area contributed by atoms with E-state index in [9.17, 15) is 24.5 Å². The zero-order valence-electron chi connectivity index (χ0n) is 12.5. The third-order valence-corrected chi connectivity index (χ3v) is 4.11. The number of carbonyl (C=O) groups is 3. The quantitative estimate of drug-likeness (QED) is 0.461. The SMILES string of the molecule is CCN(C(=O)CN1C(=O)c2ccc([N+](=O)[O-])cc2C1=O)C1CC1. The molecule has 1 aromatic carbocycles. The Morgan fingerprint density at radius 2 is 1.96 bits per heavy atom. The summed E-state index contributed by atoms with van der Waals surface area (Å²) < 4.78 is 0. The number of nitro benzene ring substituents is 1. The molecule has 0 aromatic heterocycles. The van der Waals surface area contributed by atoms with Crippen LogP contribution in [0, 0.1) is 10.1 Å². The van der Waals surface area contributed by atoms with E-state index in [1.165, 1.54) is 12.1 Å². The number of nitro groups is 1. The normalized spacial score (nSPS) is 16.5. The molecule has 8 nitrogen and oxygen atoms in total. The fourth-order valence-electron chi connectivity index (χ4n) is 2.79. The largest absolute Gasteiger partial charge is 0.338 e. The molecule has 1 aliphatic carbocycles. The molecule has 23 heavy (non-hydrogen) atoms. The maximum atomic E-state index is 12.3. The number of nitrogens with zero attached hydrogens (tertiary/aromatic N) is 3. The van der Waals surface area contributed by atoms with Gasteiger partial charge in [0.05, 0.1) is 16.1 Å². The zero-order valence-corrected chi connectivity index (χ0v) is 12.5. The minimum absolute atomic E-state index is 0.0218. The first kappa shape index (κ1) is 15.1. The molecule has 0 unspecified atom stereocenters. The van der Waals surface area contributed by atoms with E-state index in [0.29, 0.717) is 6.54 Å². The number of likely N-dealkylation sites (N-methyl/N-ethyl adjacent to an activating group) is 1. The van der Waals surface area contributed by atoms with Gasteiger partial charge in [-0.2, -0.15) is 0 Å². The van der Waals surface area contributed by atoms with Crippen molar-refractivity contribution >= 4 is 23.4 Å². The average molecular weight is 317 g/mol. The lowest BCUT2D eigenvalue weighted by atomic mass is 10.1. The molecule has 2 aliphatic rings. The number of non-ortho nitro benzene ring substituents is 1. The van der Waals surface area contributed by atoms with Crippen LogP contribution in [0.4, 0.5) is 5.69 Å². The molecule has 3 rings (SSSR count). The van der Waals surface area contributed by atoms with E-state index >= 15 is 0 Å². The van der Waals surface area contributed by atoms with Crippen molar-refractivity contribution in [2.24, 2.45) is 0 Å². The number of hydrogen-bond donors (Lipinski definition) is 0. The van der Waals surface area contributed by atoms with E-state index in [0.717, 1.165) is 23.8 Å². The molecule has 1 aromatic rings. The summed E-state index contributed by atoms with van der Waals surface area (Å²) in [6.45, 7) is 2.05. The maximum absolute atomic E-state index is 12.3. The van der Waals surface area contributed by atoms with Crippen LogP contribution in [-0.2, 0) is 4.79 Å². The second kappa shape index (κ2) is 5.45. The van der Waals surface area contributed by atoms with E-state index in [-0.39, 0.29) is 35.3 Å². The summed E-state index contributed by atoms with van der Waals surface area (Å²) in [7, 11) is 0. The summed E-state index contributed by atoms with van der Waals surface area (Å²) >= 11 is 0. The first-order valence-electron chi connectivity index (χ1n) is 7.38. The van der Waals surface area contributed by atoms with Crippen molar-refractivity contribution in [3.8, 4) is 0 Å². The number of rotatable bonds is 5. The lowest BCUT2D eigenvalue weighted by molar-refractivity contribution is -0.384. The first-order chi connectivity index (χ1) is 10.9. The van der Waals surface area contributed by atoms with Crippen LogP contribution >= 0.6 is 0 Å². The number of carbonyl (C=O) groups excluding carboxylic acids is 3. The summed E-state index contributed by atoms with van der Waals surface area (Å²) in [5.41, 5.74) is -0.180. The summed E-state index contributed by atoms with van der Waals surface area (Å²) in [5.74, 6) is -1.52. The number of benzene rings is 1. The lowest BCUT2D eigenvalue weighted by Gasteiger charge is -2.23. The van der Waals surface area contributed by atoms with Crippen LogP contribution < -0.4 is 0 Å². The van der Waals surface area contributed by atoms with Gasteiger partial charge in [0.15, 0.2) is 0 Å². The number of amides is 3. The van der Waals surface area contributed by atoms with Crippen molar-refractivity contribution in [1.29, 1.82) is 0 Å². The topological polar surface area (TPSA) is 101 Å². The van der Waals surface area contributed by atoms with Crippen molar-refractivity contribution in [3.63, 3.8) is 0 Å². The second-order valence-corrected chi connectivity index (χ2v) is 5.59. The molecule has 0 saturated heterocycles. The molecule has 1 saturated carbocycles. The minimum atomic E-state index is -0.658. The van der Waals surface area contributed by atoms with Gasteiger partial charge < -0.3 is 4.90 Å². The zero-order chi connectivity index (χ0) is 16.7. The smallest absolute Gasteiger partial charge is 0.270 e. The van der Waals surface area contributed by atoms with Crippen LogP contribution in [0.5, 0.6) is 0 Å².